The van der Waals surface area contributed by atoms with Crippen LogP contribution in [0.4, 0.5) is 4.39 Å². The van der Waals surface area contributed by atoms with Crippen molar-refractivity contribution < 1.29 is 4.39 Å². The van der Waals surface area contributed by atoms with Gasteiger partial charge in [0.2, 0.25) is 0 Å². The lowest BCUT2D eigenvalue weighted by atomic mass is 10.2. The van der Waals surface area contributed by atoms with Gasteiger partial charge in [-0.05, 0) is 18.1 Å². The molecule has 1 heterocycles. The molecular weight excluding hydrogens is 256 g/mol. The molecule has 0 aliphatic carbocycles. The molecule has 13 heavy (non-hydrogen) atoms. The van der Waals surface area contributed by atoms with E-state index in [0.29, 0.717) is 0 Å². The molecule has 0 saturated heterocycles. The predicted molar refractivity (Wildman–Crippen MR) is 56.7 cm³/mol. The number of hydrogen-bond acceptors (Lipinski definition) is 1. The molecule has 0 unspecified atom stereocenters. The minimum absolute atomic E-state index is 0.0855. The second kappa shape index (κ2) is 5.35. The molecule has 0 fully saturated rings. The van der Waals surface area contributed by atoms with Crippen LogP contribution in [0.15, 0.2) is 18.3 Å². The molecular formula is C9H8BrClFN. The van der Waals surface area contributed by atoms with E-state index in [4.69, 9.17) is 11.6 Å². The third kappa shape index (κ3) is 3.44. The second-order valence-corrected chi connectivity index (χ2v) is 3.57. The summed E-state index contributed by atoms with van der Waals surface area (Å²) in [7, 11) is 0. The molecule has 1 nitrogen and oxygen atoms in total. The molecule has 0 N–H and O–H groups in total. The molecule has 0 bridgehead atoms. The van der Waals surface area contributed by atoms with Crippen LogP contribution < -0.4 is 0 Å². The van der Waals surface area contributed by atoms with E-state index < -0.39 is 5.82 Å². The largest absolute Gasteiger partial charge is 0.241 e. The van der Waals surface area contributed by atoms with Crippen LogP contribution in [0.25, 0.3) is 6.08 Å². The van der Waals surface area contributed by atoms with Crippen molar-refractivity contribution in [1.29, 1.82) is 0 Å². The van der Waals surface area contributed by atoms with Gasteiger partial charge < -0.3 is 0 Å². The molecule has 1 rings (SSSR count). The lowest BCUT2D eigenvalue weighted by Gasteiger charge is -1.94. The Bertz CT molecular complexity index is 314. The van der Waals surface area contributed by atoms with E-state index in [0.717, 1.165) is 17.3 Å². The van der Waals surface area contributed by atoms with E-state index in [-0.39, 0.29) is 5.15 Å². The average Bonchev–Trinajstić information content (AvgIpc) is 2.12. The van der Waals surface area contributed by atoms with Gasteiger partial charge in [0.05, 0.1) is 0 Å². The number of hydrogen-bond donors (Lipinski definition) is 0. The fourth-order valence-electron chi connectivity index (χ4n) is 0.810. The highest BCUT2D eigenvalue weighted by Crippen LogP contribution is 2.13. The highest BCUT2D eigenvalue weighted by Gasteiger charge is 1.99. The van der Waals surface area contributed by atoms with Gasteiger partial charge in [-0.25, -0.2) is 9.37 Å². The van der Waals surface area contributed by atoms with Gasteiger partial charge in [-0.15, -0.1) is 0 Å². The van der Waals surface area contributed by atoms with Gasteiger partial charge >= 0.3 is 0 Å². The third-order valence-electron chi connectivity index (χ3n) is 1.40. The Morgan fingerprint density at radius 3 is 3.00 bits per heavy atom. The van der Waals surface area contributed by atoms with E-state index in [1.54, 1.807) is 0 Å². The second-order valence-electron chi connectivity index (χ2n) is 2.42. The van der Waals surface area contributed by atoms with Gasteiger partial charge in [0.25, 0.3) is 0 Å². The third-order valence-corrected chi connectivity index (χ3v) is 2.14. The molecule has 0 radical (unpaired) electrons. The molecule has 4 heteroatoms. The summed E-state index contributed by atoms with van der Waals surface area (Å²) in [6, 6.07) is 1.36. The van der Waals surface area contributed by atoms with Crippen molar-refractivity contribution in [2.45, 2.75) is 6.42 Å². The summed E-state index contributed by atoms with van der Waals surface area (Å²) < 4.78 is 12.9. The normalized spacial score (nSPS) is 11.0. The van der Waals surface area contributed by atoms with Crippen LogP contribution in [0.3, 0.4) is 0 Å². The Kier molecular flexibility index (Phi) is 4.39. The molecule has 70 valence electrons. The topological polar surface area (TPSA) is 12.9 Å². The Hall–Kier alpha value is -0.410. The maximum atomic E-state index is 12.9. The van der Waals surface area contributed by atoms with Gasteiger partial charge in [-0.1, -0.05) is 39.7 Å². The fourth-order valence-corrected chi connectivity index (χ4v) is 1.18. The maximum absolute atomic E-state index is 12.9. The summed E-state index contributed by atoms with van der Waals surface area (Å²) in [5.41, 5.74) is 0.725. The van der Waals surface area contributed by atoms with Gasteiger partial charge in [-0.2, -0.15) is 0 Å². The quantitative estimate of drug-likeness (QED) is 0.599. The van der Waals surface area contributed by atoms with Gasteiger partial charge in [-0.3, -0.25) is 0 Å². The zero-order chi connectivity index (χ0) is 9.68. The van der Waals surface area contributed by atoms with Crippen LogP contribution in [0.1, 0.15) is 12.0 Å². The summed E-state index contributed by atoms with van der Waals surface area (Å²) in [6.07, 6.45) is 6.20. The SMILES string of the molecule is Fc1cc(C=CCCBr)cnc1Cl. The van der Waals surface area contributed by atoms with Gasteiger partial charge in [0, 0.05) is 11.5 Å². The molecule has 0 aromatic carbocycles. The highest BCUT2D eigenvalue weighted by atomic mass is 79.9. The van der Waals surface area contributed by atoms with Crippen molar-refractivity contribution >= 4 is 33.6 Å². The van der Waals surface area contributed by atoms with Crippen molar-refractivity contribution in [3.63, 3.8) is 0 Å². The Morgan fingerprint density at radius 2 is 2.38 bits per heavy atom. The monoisotopic (exact) mass is 263 g/mol. The maximum Gasteiger partial charge on any atom is 0.164 e. The van der Waals surface area contributed by atoms with Crippen molar-refractivity contribution in [2.75, 3.05) is 5.33 Å². The number of halogens is 3. The first-order chi connectivity index (χ1) is 6.24. The number of nitrogens with zero attached hydrogens (tertiary/aromatic N) is 1. The molecule has 1 aromatic heterocycles. The summed E-state index contributed by atoms with van der Waals surface area (Å²) in [5.74, 6) is -0.484. The van der Waals surface area contributed by atoms with Crippen LogP contribution >= 0.6 is 27.5 Å². The van der Waals surface area contributed by atoms with Crippen molar-refractivity contribution in [3.05, 3.63) is 34.9 Å². The number of rotatable bonds is 3. The Labute approximate surface area is 89.8 Å². The molecule has 0 atom stereocenters. The van der Waals surface area contributed by atoms with Crippen molar-refractivity contribution in [2.24, 2.45) is 0 Å². The molecule has 0 aliphatic heterocycles. The Balaban J connectivity index is 2.73. The fraction of sp³-hybridized carbons (Fsp3) is 0.222. The van der Waals surface area contributed by atoms with Crippen molar-refractivity contribution in [1.82, 2.24) is 4.98 Å². The summed E-state index contributed by atoms with van der Waals surface area (Å²) in [4.78, 5) is 3.68. The summed E-state index contributed by atoms with van der Waals surface area (Å²) >= 11 is 8.71. The molecule has 0 spiro atoms. The lowest BCUT2D eigenvalue weighted by molar-refractivity contribution is 0.621. The standard InChI is InChI=1S/C9H8BrClFN/c10-4-2-1-3-7-5-8(12)9(11)13-6-7/h1,3,5-6H,2,4H2. The van der Waals surface area contributed by atoms with E-state index in [1.165, 1.54) is 12.3 Å². The predicted octanol–water partition coefficient (Wildman–Crippen LogP) is 3.67. The van der Waals surface area contributed by atoms with Crippen LogP contribution in [-0.4, -0.2) is 10.3 Å². The first kappa shape index (κ1) is 10.7. The van der Waals surface area contributed by atoms with Crippen molar-refractivity contribution in [3.8, 4) is 0 Å². The van der Waals surface area contributed by atoms with Gasteiger partial charge in [0.15, 0.2) is 11.0 Å². The highest BCUT2D eigenvalue weighted by molar-refractivity contribution is 9.09. The minimum Gasteiger partial charge on any atom is -0.241 e. The number of pyridine rings is 1. The van der Waals surface area contributed by atoms with E-state index in [1.807, 2.05) is 12.2 Å². The average molecular weight is 265 g/mol. The minimum atomic E-state index is -0.484. The van der Waals surface area contributed by atoms with Gasteiger partial charge in [0.1, 0.15) is 0 Å². The van der Waals surface area contributed by atoms with Crippen LogP contribution in [0, 0.1) is 5.82 Å². The number of aromatic nitrogens is 1. The van der Waals surface area contributed by atoms with Crippen LogP contribution in [-0.2, 0) is 0 Å². The lowest BCUT2D eigenvalue weighted by Crippen LogP contribution is -1.83. The zero-order valence-corrected chi connectivity index (χ0v) is 9.15. The van der Waals surface area contributed by atoms with Crippen LogP contribution in [0.5, 0.6) is 0 Å². The number of allylic oxidation sites excluding steroid dienone is 1. The molecule has 0 saturated carbocycles. The molecule has 1 aromatic rings. The first-order valence-electron chi connectivity index (χ1n) is 3.77. The molecule has 0 amide bonds. The Morgan fingerprint density at radius 1 is 1.62 bits per heavy atom. The summed E-state index contributed by atoms with van der Waals surface area (Å²) in [6.45, 7) is 0. The van der Waals surface area contributed by atoms with E-state index in [9.17, 15) is 4.39 Å². The summed E-state index contributed by atoms with van der Waals surface area (Å²) in [5, 5.41) is 0.810. The molecule has 0 aliphatic rings. The first-order valence-corrected chi connectivity index (χ1v) is 5.27. The van der Waals surface area contributed by atoms with E-state index in [2.05, 4.69) is 20.9 Å². The number of alkyl halides is 1. The smallest absolute Gasteiger partial charge is 0.164 e. The van der Waals surface area contributed by atoms with Crippen LogP contribution in [0.2, 0.25) is 5.15 Å². The zero-order valence-electron chi connectivity index (χ0n) is 6.80. The van der Waals surface area contributed by atoms with E-state index >= 15 is 0 Å².